The third kappa shape index (κ3) is 4.80. The van der Waals surface area contributed by atoms with Gasteiger partial charge in [-0.05, 0) is 74.6 Å². The zero-order valence-corrected chi connectivity index (χ0v) is 16.5. The Hall–Kier alpha value is -2.54. The van der Waals surface area contributed by atoms with Crippen molar-refractivity contribution in [2.24, 2.45) is 0 Å². The lowest BCUT2D eigenvalue weighted by molar-refractivity contribution is 0.200. The summed E-state index contributed by atoms with van der Waals surface area (Å²) >= 11 is 0. The highest BCUT2D eigenvalue weighted by molar-refractivity contribution is 7.92. The first-order valence-electron chi connectivity index (χ1n) is 9.11. The van der Waals surface area contributed by atoms with Crippen molar-refractivity contribution >= 4 is 27.4 Å². The van der Waals surface area contributed by atoms with Crippen molar-refractivity contribution in [2.45, 2.75) is 38.0 Å². The fourth-order valence-corrected chi connectivity index (χ4v) is 4.19. The minimum atomic E-state index is -3.69. The summed E-state index contributed by atoms with van der Waals surface area (Å²) in [6.07, 6.45) is 3.20. The van der Waals surface area contributed by atoms with Gasteiger partial charge in [0.1, 0.15) is 0 Å². The molecular weight excluding hydrogens is 362 g/mol. The van der Waals surface area contributed by atoms with Crippen LogP contribution in [-0.2, 0) is 10.0 Å². The number of anilines is 2. The number of rotatable bonds is 4. The van der Waals surface area contributed by atoms with Crippen LogP contribution in [0.4, 0.5) is 16.2 Å². The molecule has 144 valence electrons. The van der Waals surface area contributed by atoms with E-state index in [4.69, 9.17) is 0 Å². The molecule has 2 N–H and O–H groups in total. The molecule has 0 radical (unpaired) electrons. The molecular formula is C20H25N3O3S. The van der Waals surface area contributed by atoms with Gasteiger partial charge in [-0.3, -0.25) is 4.72 Å². The van der Waals surface area contributed by atoms with Crippen LogP contribution >= 0.6 is 0 Å². The average Bonchev–Trinajstić information content (AvgIpc) is 2.65. The molecule has 0 aliphatic carbocycles. The van der Waals surface area contributed by atoms with Crippen LogP contribution in [-0.4, -0.2) is 32.4 Å². The van der Waals surface area contributed by atoms with Crippen molar-refractivity contribution in [1.82, 2.24) is 4.90 Å². The molecule has 1 aliphatic heterocycles. The second-order valence-electron chi connectivity index (χ2n) is 6.93. The Balaban J connectivity index is 1.70. The number of nitrogens with zero attached hydrogens (tertiary/aromatic N) is 1. The molecule has 1 fully saturated rings. The van der Waals surface area contributed by atoms with E-state index in [1.807, 2.05) is 26.0 Å². The van der Waals surface area contributed by atoms with Crippen LogP contribution < -0.4 is 10.0 Å². The maximum Gasteiger partial charge on any atom is 0.321 e. The molecule has 0 unspecified atom stereocenters. The van der Waals surface area contributed by atoms with Crippen LogP contribution in [0, 0.1) is 13.8 Å². The molecule has 2 amide bonds. The Kier molecular flexibility index (Phi) is 5.70. The fraction of sp³-hybridized carbons (Fsp3) is 0.350. The third-order valence-electron chi connectivity index (χ3n) is 4.70. The van der Waals surface area contributed by atoms with E-state index in [-0.39, 0.29) is 10.9 Å². The predicted molar refractivity (Wildman–Crippen MR) is 108 cm³/mol. The van der Waals surface area contributed by atoms with Gasteiger partial charge in [0.15, 0.2) is 0 Å². The van der Waals surface area contributed by atoms with E-state index in [2.05, 4.69) is 10.0 Å². The van der Waals surface area contributed by atoms with Crippen molar-refractivity contribution in [3.63, 3.8) is 0 Å². The summed E-state index contributed by atoms with van der Waals surface area (Å²) in [4.78, 5) is 14.2. The van der Waals surface area contributed by atoms with Crippen LogP contribution in [0.2, 0.25) is 0 Å². The highest BCUT2D eigenvalue weighted by Gasteiger charge is 2.18. The number of nitrogens with one attached hydrogen (secondary N) is 2. The van der Waals surface area contributed by atoms with Crippen LogP contribution in [0.1, 0.15) is 30.4 Å². The zero-order chi connectivity index (χ0) is 19.4. The van der Waals surface area contributed by atoms with Gasteiger partial charge in [-0.1, -0.05) is 12.1 Å². The van der Waals surface area contributed by atoms with Gasteiger partial charge in [0, 0.05) is 18.8 Å². The van der Waals surface area contributed by atoms with E-state index in [0.29, 0.717) is 11.4 Å². The van der Waals surface area contributed by atoms with Gasteiger partial charge in [0.25, 0.3) is 10.0 Å². The Morgan fingerprint density at radius 3 is 2.30 bits per heavy atom. The summed E-state index contributed by atoms with van der Waals surface area (Å²) < 4.78 is 27.9. The Morgan fingerprint density at radius 2 is 1.63 bits per heavy atom. The minimum Gasteiger partial charge on any atom is -0.325 e. The molecule has 1 aliphatic rings. The summed E-state index contributed by atoms with van der Waals surface area (Å²) in [7, 11) is -3.69. The normalized spacial score (nSPS) is 14.7. The molecule has 1 saturated heterocycles. The van der Waals surface area contributed by atoms with E-state index in [0.717, 1.165) is 43.5 Å². The third-order valence-corrected chi connectivity index (χ3v) is 6.08. The number of carbonyl (C=O) groups excluding carboxylic acids is 1. The minimum absolute atomic E-state index is 0.140. The van der Waals surface area contributed by atoms with E-state index in [1.165, 1.54) is 12.1 Å². The number of likely N-dealkylation sites (tertiary alicyclic amines) is 1. The standard InChI is InChI=1S/C20H25N3O3S/c1-15-6-7-16(2)19(14-15)22-27(25,26)18-10-8-17(9-11-18)21-20(24)23-12-4-3-5-13-23/h6-11,14,22H,3-5,12-13H2,1-2H3,(H,21,24). The lowest BCUT2D eigenvalue weighted by Crippen LogP contribution is -2.38. The SMILES string of the molecule is Cc1ccc(C)c(NS(=O)(=O)c2ccc(NC(=O)N3CCCCC3)cc2)c1. The van der Waals surface area contributed by atoms with Crippen molar-refractivity contribution in [1.29, 1.82) is 0 Å². The largest absolute Gasteiger partial charge is 0.325 e. The smallest absolute Gasteiger partial charge is 0.321 e. The number of piperidine rings is 1. The lowest BCUT2D eigenvalue weighted by Gasteiger charge is -2.26. The first kappa shape index (κ1) is 19.2. The lowest BCUT2D eigenvalue weighted by atomic mass is 10.1. The monoisotopic (exact) mass is 387 g/mol. The van der Waals surface area contributed by atoms with Crippen molar-refractivity contribution in [3.8, 4) is 0 Å². The van der Waals surface area contributed by atoms with Gasteiger partial charge in [-0.2, -0.15) is 0 Å². The van der Waals surface area contributed by atoms with Gasteiger partial charge >= 0.3 is 6.03 Å². The molecule has 0 spiro atoms. The molecule has 7 heteroatoms. The maximum atomic E-state index is 12.6. The first-order valence-corrected chi connectivity index (χ1v) is 10.6. The average molecular weight is 388 g/mol. The molecule has 3 rings (SSSR count). The quantitative estimate of drug-likeness (QED) is 0.828. The fourth-order valence-electron chi connectivity index (χ4n) is 3.07. The van der Waals surface area contributed by atoms with Crippen LogP contribution in [0.15, 0.2) is 47.4 Å². The number of amides is 2. The molecule has 1 heterocycles. The van der Waals surface area contributed by atoms with Gasteiger partial charge in [0.05, 0.1) is 10.6 Å². The summed E-state index contributed by atoms with van der Waals surface area (Å²) in [5.74, 6) is 0. The second kappa shape index (κ2) is 8.00. The van der Waals surface area contributed by atoms with Crippen molar-refractivity contribution in [2.75, 3.05) is 23.1 Å². The van der Waals surface area contributed by atoms with Crippen LogP contribution in [0.3, 0.4) is 0 Å². The molecule has 0 atom stereocenters. The Labute approximate surface area is 160 Å². The zero-order valence-electron chi connectivity index (χ0n) is 15.7. The summed E-state index contributed by atoms with van der Waals surface area (Å²) in [6, 6.07) is 11.7. The topological polar surface area (TPSA) is 78.5 Å². The van der Waals surface area contributed by atoms with Gasteiger partial charge in [-0.15, -0.1) is 0 Å². The number of urea groups is 1. The van der Waals surface area contributed by atoms with E-state index in [9.17, 15) is 13.2 Å². The molecule has 2 aromatic rings. The van der Waals surface area contributed by atoms with E-state index >= 15 is 0 Å². The molecule has 0 aromatic heterocycles. The van der Waals surface area contributed by atoms with E-state index < -0.39 is 10.0 Å². The number of hydrogen-bond acceptors (Lipinski definition) is 3. The van der Waals surface area contributed by atoms with Gasteiger partial charge in [-0.25, -0.2) is 13.2 Å². The number of sulfonamides is 1. The Bertz CT molecular complexity index is 918. The highest BCUT2D eigenvalue weighted by Crippen LogP contribution is 2.22. The number of hydrogen-bond donors (Lipinski definition) is 2. The van der Waals surface area contributed by atoms with Crippen LogP contribution in [0.5, 0.6) is 0 Å². The molecule has 27 heavy (non-hydrogen) atoms. The predicted octanol–water partition coefficient (Wildman–Crippen LogP) is 4.12. The highest BCUT2D eigenvalue weighted by atomic mass is 32.2. The summed E-state index contributed by atoms with van der Waals surface area (Å²) in [6.45, 7) is 5.30. The number of aryl methyl sites for hydroxylation is 2. The van der Waals surface area contributed by atoms with Crippen LogP contribution in [0.25, 0.3) is 0 Å². The molecule has 2 aromatic carbocycles. The first-order chi connectivity index (χ1) is 12.8. The number of benzene rings is 2. The van der Waals surface area contributed by atoms with Crippen molar-refractivity contribution < 1.29 is 13.2 Å². The van der Waals surface area contributed by atoms with Gasteiger partial charge < -0.3 is 10.2 Å². The summed E-state index contributed by atoms with van der Waals surface area (Å²) in [5, 5.41) is 2.83. The molecule has 0 bridgehead atoms. The van der Waals surface area contributed by atoms with Crippen molar-refractivity contribution in [3.05, 3.63) is 53.6 Å². The van der Waals surface area contributed by atoms with Gasteiger partial charge in [0.2, 0.25) is 0 Å². The summed E-state index contributed by atoms with van der Waals surface area (Å²) in [5.41, 5.74) is 2.98. The molecule has 6 nitrogen and oxygen atoms in total. The Morgan fingerprint density at radius 1 is 0.963 bits per heavy atom. The number of carbonyl (C=O) groups is 1. The maximum absolute atomic E-state index is 12.6. The van der Waals surface area contributed by atoms with E-state index in [1.54, 1.807) is 23.1 Å². The molecule has 0 saturated carbocycles. The second-order valence-corrected chi connectivity index (χ2v) is 8.61.